The Morgan fingerprint density at radius 3 is 2.71 bits per heavy atom. The summed E-state index contributed by atoms with van der Waals surface area (Å²) in [5.41, 5.74) is 4.18. The molecule has 24 heavy (non-hydrogen) atoms. The fourth-order valence-electron chi connectivity index (χ4n) is 3.39. The molecule has 0 unspecified atom stereocenters. The van der Waals surface area contributed by atoms with Crippen LogP contribution in [0.3, 0.4) is 0 Å². The van der Waals surface area contributed by atoms with Crippen molar-refractivity contribution in [2.24, 2.45) is 0 Å². The summed E-state index contributed by atoms with van der Waals surface area (Å²) in [6.07, 6.45) is 1.65. The molecule has 3 nitrogen and oxygen atoms in total. The molecule has 1 N–H and O–H groups in total. The number of hydrogen-bond donors (Lipinski definition) is 1. The fourth-order valence-corrected chi connectivity index (χ4v) is 3.77. The summed E-state index contributed by atoms with van der Waals surface area (Å²) >= 11 is 12.2. The van der Waals surface area contributed by atoms with Gasteiger partial charge in [-0.3, -0.25) is 4.79 Å². The Balaban J connectivity index is 1.61. The number of halogens is 2. The van der Waals surface area contributed by atoms with Gasteiger partial charge in [0.15, 0.2) is 0 Å². The molecular weight excluding hydrogens is 343 g/mol. The summed E-state index contributed by atoms with van der Waals surface area (Å²) < 4.78 is 0. The van der Waals surface area contributed by atoms with E-state index in [0.29, 0.717) is 28.7 Å². The van der Waals surface area contributed by atoms with E-state index in [-0.39, 0.29) is 5.91 Å². The smallest absolute Gasteiger partial charge is 0.255 e. The third-order valence-corrected chi connectivity index (χ3v) is 5.18. The number of H-pyrrole nitrogens is 1. The number of fused-ring (bicyclic) bond motifs is 3. The van der Waals surface area contributed by atoms with Gasteiger partial charge in [-0.05, 0) is 36.2 Å². The van der Waals surface area contributed by atoms with Gasteiger partial charge in [0.2, 0.25) is 0 Å². The molecule has 2 heterocycles. The lowest BCUT2D eigenvalue weighted by Crippen LogP contribution is -2.33. The predicted octanol–water partition coefficient (Wildman–Crippen LogP) is 4.72. The maximum Gasteiger partial charge on any atom is 0.255 e. The highest BCUT2D eigenvalue weighted by Gasteiger charge is 2.23. The first-order chi connectivity index (χ1) is 11.6. The van der Waals surface area contributed by atoms with Crippen LogP contribution in [0.25, 0.3) is 10.9 Å². The Morgan fingerprint density at radius 2 is 1.83 bits per heavy atom. The maximum atomic E-state index is 12.8. The van der Waals surface area contributed by atoms with Crippen LogP contribution >= 0.6 is 23.2 Å². The SMILES string of the molecule is O=C(c1cc(Cl)ccc1Cl)N1CCc2[nH]c3ccccc3c2CC1. The van der Waals surface area contributed by atoms with Gasteiger partial charge in [0, 0.05) is 41.1 Å². The molecule has 3 aromatic rings. The standard InChI is InChI=1S/C19H16Cl2N2O/c20-12-5-6-16(21)15(11-12)19(24)23-9-7-14-13-3-1-2-4-17(13)22-18(14)8-10-23/h1-6,11,22H,7-10H2. The molecule has 0 aliphatic carbocycles. The first kappa shape index (κ1) is 15.6. The van der Waals surface area contributed by atoms with Gasteiger partial charge in [0.1, 0.15) is 0 Å². The van der Waals surface area contributed by atoms with Gasteiger partial charge in [0.05, 0.1) is 10.6 Å². The van der Waals surface area contributed by atoms with Gasteiger partial charge in [-0.25, -0.2) is 0 Å². The lowest BCUT2D eigenvalue weighted by molar-refractivity contribution is 0.0763. The minimum absolute atomic E-state index is 0.0584. The summed E-state index contributed by atoms with van der Waals surface area (Å²) in [6, 6.07) is 13.3. The molecule has 5 heteroatoms. The minimum atomic E-state index is -0.0584. The van der Waals surface area contributed by atoms with Crippen LogP contribution in [0.2, 0.25) is 10.0 Å². The number of carbonyl (C=O) groups is 1. The van der Waals surface area contributed by atoms with Crippen molar-refractivity contribution in [1.29, 1.82) is 0 Å². The number of aromatic nitrogens is 1. The first-order valence-corrected chi connectivity index (χ1v) is 8.72. The number of nitrogens with one attached hydrogen (secondary N) is 1. The average Bonchev–Trinajstić information content (AvgIpc) is 2.81. The molecule has 4 rings (SSSR count). The zero-order valence-corrected chi connectivity index (χ0v) is 14.5. The van der Waals surface area contributed by atoms with Crippen molar-refractivity contribution < 1.29 is 4.79 Å². The van der Waals surface area contributed by atoms with E-state index in [2.05, 4.69) is 23.2 Å². The van der Waals surface area contributed by atoms with Gasteiger partial charge in [-0.15, -0.1) is 0 Å². The zero-order chi connectivity index (χ0) is 16.7. The number of benzene rings is 2. The molecule has 0 fully saturated rings. The van der Waals surface area contributed by atoms with Gasteiger partial charge >= 0.3 is 0 Å². The van der Waals surface area contributed by atoms with Crippen molar-refractivity contribution in [3.05, 3.63) is 69.3 Å². The van der Waals surface area contributed by atoms with E-state index in [9.17, 15) is 4.79 Å². The van der Waals surface area contributed by atoms with Crippen LogP contribution in [0.1, 0.15) is 21.6 Å². The Hall–Kier alpha value is -1.97. The molecule has 0 saturated carbocycles. The van der Waals surface area contributed by atoms with E-state index < -0.39 is 0 Å². The van der Waals surface area contributed by atoms with Crippen LogP contribution < -0.4 is 0 Å². The summed E-state index contributed by atoms with van der Waals surface area (Å²) in [5.74, 6) is -0.0584. The Morgan fingerprint density at radius 1 is 1.04 bits per heavy atom. The second-order valence-electron chi connectivity index (χ2n) is 6.04. The normalized spacial score (nSPS) is 14.5. The first-order valence-electron chi connectivity index (χ1n) is 7.96. The van der Waals surface area contributed by atoms with Crippen LogP contribution in [0.15, 0.2) is 42.5 Å². The molecule has 0 radical (unpaired) electrons. The second-order valence-corrected chi connectivity index (χ2v) is 6.89. The van der Waals surface area contributed by atoms with Crippen molar-refractivity contribution in [1.82, 2.24) is 9.88 Å². The molecule has 2 aromatic carbocycles. The van der Waals surface area contributed by atoms with Crippen molar-refractivity contribution >= 4 is 40.0 Å². The second kappa shape index (κ2) is 6.15. The van der Waals surface area contributed by atoms with Crippen LogP contribution in [0, 0.1) is 0 Å². The molecule has 0 bridgehead atoms. The zero-order valence-electron chi connectivity index (χ0n) is 13.0. The number of nitrogens with zero attached hydrogens (tertiary/aromatic N) is 1. The van der Waals surface area contributed by atoms with E-state index in [4.69, 9.17) is 23.2 Å². The number of hydrogen-bond acceptors (Lipinski definition) is 1. The minimum Gasteiger partial charge on any atom is -0.358 e. The molecule has 1 aliphatic rings. The van der Waals surface area contributed by atoms with Gasteiger partial charge < -0.3 is 9.88 Å². The van der Waals surface area contributed by atoms with Crippen LogP contribution in [-0.4, -0.2) is 28.9 Å². The monoisotopic (exact) mass is 358 g/mol. The van der Waals surface area contributed by atoms with Gasteiger partial charge in [-0.2, -0.15) is 0 Å². The molecule has 122 valence electrons. The highest BCUT2D eigenvalue weighted by atomic mass is 35.5. The largest absolute Gasteiger partial charge is 0.358 e. The summed E-state index contributed by atoms with van der Waals surface area (Å²) in [7, 11) is 0. The number of aromatic amines is 1. The topological polar surface area (TPSA) is 36.1 Å². The molecule has 1 amide bonds. The third kappa shape index (κ3) is 2.68. The van der Waals surface area contributed by atoms with Crippen molar-refractivity contribution in [2.45, 2.75) is 12.8 Å². The third-order valence-electron chi connectivity index (χ3n) is 4.61. The molecular formula is C19H16Cl2N2O. The number of carbonyl (C=O) groups excluding carboxylic acids is 1. The predicted molar refractivity (Wildman–Crippen MR) is 98.1 cm³/mol. The number of para-hydroxylation sites is 1. The maximum absolute atomic E-state index is 12.8. The highest BCUT2D eigenvalue weighted by Crippen LogP contribution is 2.27. The molecule has 1 aliphatic heterocycles. The van der Waals surface area contributed by atoms with Crippen LogP contribution in [0.4, 0.5) is 0 Å². The van der Waals surface area contributed by atoms with Crippen LogP contribution in [0.5, 0.6) is 0 Å². The lowest BCUT2D eigenvalue weighted by Gasteiger charge is -2.21. The summed E-state index contributed by atoms with van der Waals surface area (Å²) in [4.78, 5) is 18.2. The van der Waals surface area contributed by atoms with E-state index in [1.807, 2.05) is 11.0 Å². The number of amides is 1. The van der Waals surface area contributed by atoms with Crippen molar-refractivity contribution in [2.75, 3.05) is 13.1 Å². The summed E-state index contributed by atoms with van der Waals surface area (Å²) in [6.45, 7) is 1.35. The van der Waals surface area contributed by atoms with E-state index in [1.165, 1.54) is 22.2 Å². The Kier molecular flexibility index (Phi) is 3.99. The van der Waals surface area contributed by atoms with Gasteiger partial charge in [-0.1, -0.05) is 41.4 Å². The Labute approximate surface area is 150 Å². The van der Waals surface area contributed by atoms with E-state index >= 15 is 0 Å². The van der Waals surface area contributed by atoms with Crippen LogP contribution in [-0.2, 0) is 12.8 Å². The Bertz CT molecular complexity index is 932. The van der Waals surface area contributed by atoms with E-state index in [0.717, 1.165) is 12.8 Å². The quantitative estimate of drug-likeness (QED) is 0.671. The fraction of sp³-hybridized carbons (Fsp3) is 0.211. The molecule has 0 atom stereocenters. The molecule has 0 spiro atoms. The average molecular weight is 359 g/mol. The summed E-state index contributed by atoms with van der Waals surface area (Å²) in [5, 5.41) is 2.22. The van der Waals surface area contributed by atoms with Crippen molar-refractivity contribution in [3.8, 4) is 0 Å². The number of rotatable bonds is 1. The lowest BCUT2D eigenvalue weighted by atomic mass is 10.1. The van der Waals surface area contributed by atoms with Gasteiger partial charge in [0.25, 0.3) is 5.91 Å². The highest BCUT2D eigenvalue weighted by molar-refractivity contribution is 6.35. The van der Waals surface area contributed by atoms with Crippen molar-refractivity contribution in [3.63, 3.8) is 0 Å². The molecule has 1 aromatic heterocycles. The van der Waals surface area contributed by atoms with E-state index in [1.54, 1.807) is 18.2 Å². The molecule has 0 saturated heterocycles.